The van der Waals surface area contributed by atoms with Crippen LogP contribution in [-0.4, -0.2) is 73.0 Å². The summed E-state index contributed by atoms with van der Waals surface area (Å²) in [5.41, 5.74) is 0.966. The molecule has 5 nitrogen and oxygen atoms in total. The molecule has 2 heterocycles. The smallest absolute Gasteiger partial charge is 0.167 e. The van der Waals surface area contributed by atoms with Crippen molar-refractivity contribution in [3.8, 4) is 5.75 Å². The van der Waals surface area contributed by atoms with E-state index in [1.165, 1.54) is 26.5 Å². The van der Waals surface area contributed by atoms with Crippen LogP contribution in [0.5, 0.6) is 5.75 Å². The summed E-state index contributed by atoms with van der Waals surface area (Å²) in [6, 6.07) is 5.90. The third-order valence-corrected chi connectivity index (χ3v) is 5.91. The van der Waals surface area contributed by atoms with Gasteiger partial charge in [-0.3, -0.25) is 14.7 Å². The molecule has 2 aliphatic rings. The molecule has 0 saturated carbocycles. The van der Waals surface area contributed by atoms with Gasteiger partial charge in [0.2, 0.25) is 0 Å². The highest BCUT2D eigenvalue weighted by molar-refractivity contribution is 5.50. The van der Waals surface area contributed by atoms with E-state index in [9.17, 15) is 4.39 Å². The van der Waals surface area contributed by atoms with E-state index in [0.29, 0.717) is 11.8 Å². The van der Waals surface area contributed by atoms with Crippen molar-refractivity contribution in [2.75, 3.05) is 51.7 Å². The number of hydrogen-bond acceptors (Lipinski definition) is 5. The number of ether oxygens (including phenoxy) is 1. The monoisotopic (exact) mass is 378 g/mol. The first-order valence-corrected chi connectivity index (χ1v) is 10.1. The molecule has 1 unspecified atom stereocenters. The standard InChI is InChI=1S/C21H35FN4O/c1-6-24-11-7-8-18(24)13-23-14-25(16-26(15-23)21(2,3)4)17-9-10-20(27-5)19(22)12-17/h9-10,12,18H,6-8,11,13-16H2,1-5H3. The predicted octanol–water partition coefficient (Wildman–Crippen LogP) is 3.41. The van der Waals surface area contributed by atoms with Crippen molar-refractivity contribution in [3.63, 3.8) is 0 Å². The molecule has 1 aromatic rings. The van der Waals surface area contributed by atoms with Crippen LogP contribution in [0.4, 0.5) is 10.1 Å². The second-order valence-corrected chi connectivity index (χ2v) is 8.77. The topological polar surface area (TPSA) is 22.2 Å². The highest BCUT2D eigenvalue weighted by Gasteiger charge is 2.33. The summed E-state index contributed by atoms with van der Waals surface area (Å²) in [6.45, 7) is 15.0. The summed E-state index contributed by atoms with van der Waals surface area (Å²) in [5.74, 6) is -0.00720. The van der Waals surface area contributed by atoms with Gasteiger partial charge in [-0.2, -0.15) is 0 Å². The van der Waals surface area contributed by atoms with Gasteiger partial charge in [-0.1, -0.05) is 6.92 Å². The van der Waals surface area contributed by atoms with Crippen LogP contribution in [0.3, 0.4) is 0 Å². The van der Waals surface area contributed by atoms with Crippen molar-refractivity contribution in [1.29, 1.82) is 0 Å². The minimum absolute atomic E-state index is 0.0576. The minimum atomic E-state index is -0.303. The lowest BCUT2D eigenvalue weighted by atomic mass is 10.1. The van der Waals surface area contributed by atoms with Gasteiger partial charge >= 0.3 is 0 Å². The van der Waals surface area contributed by atoms with Crippen molar-refractivity contribution in [2.24, 2.45) is 0 Å². The quantitative estimate of drug-likeness (QED) is 0.781. The molecule has 6 heteroatoms. The number of halogens is 1. The van der Waals surface area contributed by atoms with E-state index < -0.39 is 0 Å². The maximum absolute atomic E-state index is 14.3. The number of anilines is 1. The molecule has 0 amide bonds. The first kappa shape index (κ1) is 20.4. The molecule has 0 aliphatic carbocycles. The molecular formula is C21H35FN4O. The Morgan fingerprint density at radius 1 is 1.19 bits per heavy atom. The van der Waals surface area contributed by atoms with Crippen molar-refractivity contribution in [2.45, 2.75) is 52.1 Å². The molecule has 0 spiro atoms. The number of likely N-dealkylation sites (N-methyl/N-ethyl adjacent to an activating group) is 1. The Bertz CT molecular complexity index is 633. The SMILES string of the molecule is CCN1CCCC1CN1CN(c2ccc(OC)c(F)c2)CN(C(C)(C)C)C1. The van der Waals surface area contributed by atoms with E-state index in [2.05, 4.69) is 47.3 Å². The molecule has 2 aliphatic heterocycles. The maximum atomic E-state index is 14.3. The third kappa shape index (κ3) is 4.73. The van der Waals surface area contributed by atoms with E-state index >= 15 is 0 Å². The molecule has 27 heavy (non-hydrogen) atoms. The molecule has 0 aromatic heterocycles. The van der Waals surface area contributed by atoms with Gasteiger partial charge in [0.1, 0.15) is 0 Å². The Morgan fingerprint density at radius 3 is 2.59 bits per heavy atom. The molecule has 1 atom stereocenters. The number of methoxy groups -OCH3 is 1. The molecule has 0 radical (unpaired) electrons. The lowest BCUT2D eigenvalue weighted by Crippen LogP contribution is -2.61. The van der Waals surface area contributed by atoms with Crippen LogP contribution in [0.2, 0.25) is 0 Å². The van der Waals surface area contributed by atoms with Crippen molar-refractivity contribution in [3.05, 3.63) is 24.0 Å². The maximum Gasteiger partial charge on any atom is 0.167 e. The Morgan fingerprint density at radius 2 is 1.96 bits per heavy atom. The molecular weight excluding hydrogens is 343 g/mol. The van der Waals surface area contributed by atoms with E-state index in [1.54, 1.807) is 12.1 Å². The van der Waals surface area contributed by atoms with E-state index in [1.807, 2.05) is 6.07 Å². The first-order valence-electron chi connectivity index (χ1n) is 10.1. The summed E-state index contributed by atoms with van der Waals surface area (Å²) < 4.78 is 19.3. The third-order valence-electron chi connectivity index (χ3n) is 5.91. The van der Waals surface area contributed by atoms with Gasteiger partial charge in [0.05, 0.1) is 27.1 Å². The second kappa shape index (κ2) is 8.33. The summed E-state index contributed by atoms with van der Waals surface area (Å²) in [4.78, 5) is 9.83. The lowest BCUT2D eigenvalue weighted by molar-refractivity contribution is 0.0121. The summed E-state index contributed by atoms with van der Waals surface area (Å²) in [5, 5.41) is 0. The molecule has 0 bridgehead atoms. The minimum Gasteiger partial charge on any atom is -0.494 e. The van der Waals surface area contributed by atoms with Crippen LogP contribution < -0.4 is 9.64 Å². The Labute approximate surface area is 163 Å². The van der Waals surface area contributed by atoms with Crippen LogP contribution in [-0.2, 0) is 0 Å². The highest BCUT2D eigenvalue weighted by atomic mass is 19.1. The highest BCUT2D eigenvalue weighted by Crippen LogP contribution is 2.28. The molecule has 2 saturated heterocycles. The van der Waals surface area contributed by atoms with Gasteiger partial charge in [0, 0.05) is 29.9 Å². The van der Waals surface area contributed by atoms with E-state index in [0.717, 1.165) is 38.8 Å². The largest absolute Gasteiger partial charge is 0.494 e. The average Bonchev–Trinajstić information content (AvgIpc) is 3.07. The normalized spacial score (nSPS) is 23.2. The molecule has 3 rings (SSSR count). The average molecular weight is 379 g/mol. The van der Waals surface area contributed by atoms with Gasteiger partial charge in [-0.25, -0.2) is 4.39 Å². The Hall–Kier alpha value is -1.37. The number of hydrogen-bond donors (Lipinski definition) is 0. The fraction of sp³-hybridized carbons (Fsp3) is 0.714. The zero-order valence-corrected chi connectivity index (χ0v) is 17.5. The fourth-order valence-electron chi connectivity index (χ4n) is 4.19. The summed E-state index contributed by atoms with van der Waals surface area (Å²) in [6.07, 6.45) is 2.57. The van der Waals surface area contributed by atoms with Crippen LogP contribution in [0.15, 0.2) is 18.2 Å². The molecule has 2 fully saturated rings. The second-order valence-electron chi connectivity index (χ2n) is 8.77. The number of nitrogens with zero attached hydrogens (tertiary/aromatic N) is 4. The van der Waals surface area contributed by atoms with Crippen LogP contribution >= 0.6 is 0 Å². The molecule has 1 aromatic carbocycles. The van der Waals surface area contributed by atoms with Crippen molar-refractivity contribution >= 4 is 5.69 Å². The first-order chi connectivity index (χ1) is 12.8. The number of rotatable bonds is 5. The summed E-state index contributed by atoms with van der Waals surface area (Å²) >= 11 is 0. The Kier molecular flexibility index (Phi) is 6.28. The number of likely N-dealkylation sites (tertiary alicyclic amines) is 1. The predicted molar refractivity (Wildman–Crippen MR) is 109 cm³/mol. The van der Waals surface area contributed by atoms with Gasteiger partial charge in [0.15, 0.2) is 11.6 Å². The van der Waals surface area contributed by atoms with E-state index in [-0.39, 0.29) is 11.4 Å². The zero-order chi connectivity index (χ0) is 19.6. The fourth-order valence-corrected chi connectivity index (χ4v) is 4.19. The van der Waals surface area contributed by atoms with Gasteiger partial charge in [-0.05, 0) is 58.8 Å². The van der Waals surface area contributed by atoms with Gasteiger partial charge in [-0.15, -0.1) is 0 Å². The van der Waals surface area contributed by atoms with Crippen LogP contribution in [0, 0.1) is 5.82 Å². The van der Waals surface area contributed by atoms with Gasteiger partial charge < -0.3 is 9.64 Å². The van der Waals surface area contributed by atoms with Crippen molar-refractivity contribution in [1.82, 2.24) is 14.7 Å². The van der Waals surface area contributed by atoms with Crippen molar-refractivity contribution < 1.29 is 9.13 Å². The van der Waals surface area contributed by atoms with E-state index in [4.69, 9.17) is 4.74 Å². The van der Waals surface area contributed by atoms with Crippen LogP contribution in [0.25, 0.3) is 0 Å². The Balaban J connectivity index is 1.78. The van der Waals surface area contributed by atoms with Gasteiger partial charge in [0.25, 0.3) is 0 Å². The number of benzene rings is 1. The lowest BCUT2D eigenvalue weighted by Gasteiger charge is -2.49. The summed E-state index contributed by atoms with van der Waals surface area (Å²) in [7, 11) is 1.50. The molecule has 0 N–H and O–H groups in total. The zero-order valence-electron chi connectivity index (χ0n) is 17.5. The molecule has 152 valence electrons. The van der Waals surface area contributed by atoms with Crippen LogP contribution in [0.1, 0.15) is 40.5 Å².